The second-order valence-electron chi connectivity index (χ2n) is 6.25. The highest BCUT2D eigenvalue weighted by atomic mass is 15.5. The fourth-order valence-electron chi connectivity index (χ4n) is 3.12. The topological polar surface area (TPSA) is 85.4 Å². The monoisotopic (exact) mass is 260 g/mol. The molecule has 2 aromatic heterocycles. The average molecular weight is 260 g/mol. The minimum Gasteiger partial charge on any atom is -0.341 e. The van der Waals surface area contributed by atoms with Gasteiger partial charge in [0.2, 0.25) is 0 Å². The van der Waals surface area contributed by atoms with E-state index in [1.807, 2.05) is 0 Å². The number of hydrogen-bond acceptors (Lipinski definition) is 4. The molecule has 6 heteroatoms. The van der Waals surface area contributed by atoms with Gasteiger partial charge in [-0.3, -0.25) is 0 Å². The number of aromatic nitrogens is 5. The Labute approximate surface area is 112 Å². The first-order valence-electron chi connectivity index (χ1n) is 6.63. The molecule has 0 radical (unpaired) electrons. The lowest BCUT2D eigenvalue weighted by atomic mass is 9.74. The molecule has 19 heavy (non-hydrogen) atoms. The highest BCUT2D eigenvalue weighted by Crippen LogP contribution is 2.40. The van der Waals surface area contributed by atoms with Crippen LogP contribution in [0.15, 0.2) is 6.07 Å². The largest absolute Gasteiger partial charge is 0.341 e. The maximum Gasteiger partial charge on any atom is 0.194 e. The van der Waals surface area contributed by atoms with E-state index < -0.39 is 0 Å². The zero-order valence-corrected chi connectivity index (χ0v) is 11.6. The van der Waals surface area contributed by atoms with Gasteiger partial charge in [-0.15, -0.1) is 10.2 Å². The zero-order valence-electron chi connectivity index (χ0n) is 11.6. The van der Waals surface area contributed by atoms with Gasteiger partial charge in [0.15, 0.2) is 5.82 Å². The lowest BCUT2D eigenvalue weighted by Gasteiger charge is -2.34. The van der Waals surface area contributed by atoms with Crippen molar-refractivity contribution >= 4 is 0 Å². The number of rotatable bonds is 2. The van der Waals surface area contributed by atoms with Gasteiger partial charge in [0.05, 0.1) is 6.54 Å². The van der Waals surface area contributed by atoms with Gasteiger partial charge in [0, 0.05) is 17.4 Å². The second kappa shape index (κ2) is 4.16. The summed E-state index contributed by atoms with van der Waals surface area (Å²) in [6.45, 7) is 7.31. The van der Waals surface area contributed by atoms with Crippen LogP contribution in [0.5, 0.6) is 0 Å². The molecule has 102 valence electrons. The Bertz CT molecular complexity index is 581. The molecule has 0 fully saturated rings. The summed E-state index contributed by atoms with van der Waals surface area (Å²) in [5, 5.41) is 14.2. The van der Waals surface area contributed by atoms with Crippen LogP contribution in [-0.4, -0.2) is 25.2 Å². The number of hydrogen-bond donors (Lipinski definition) is 2. The Morgan fingerprint density at radius 3 is 3.00 bits per heavy atom. The molecule has 0 spiro atoms. The maximum atomic E-state index is 6.31. The Kier molecular flexibility index (Phi) is 2.70. The van der Waals surface area contributed by atoms with Crippen molar-refractivity contribution in [2.45, 2.75) is 46.2 Å². The Morgan fingerprint density at radius 2 is 2.32 bits per heavy atom. The molecule has 1 aliphatic rings. The van der Waals surface area contributed by atoms with Crippen LogP contribution in [0.3, 0.4) is 0 Å². The van der Waals surface area contributed by atoms with Gasteiger partial charge < -0.3 is 10.3 Å². The third kappa shape index (κ3) is 2.16. The minimum atomic E-state index is 0.129. The Hall–Kier alpha value is -1.69. The van der Waals surface area contributed by atoms with Crippen LogP contribution in [0, 0.1) is 12.3 Å². The molecule has 0 aromatic carbocycles. The number of nitrogens with two attached hydrogens (primary N) is 1. The summed E-state index contributed by atoms with van der Waals surface area (Å²) in [4.78, 5) is 0. The van der Waals surface area contributed by atoms with E-state index in [4.69, 9.17) is 5.73 Å². The summed E-state index contributed by atoms with van der Waals surface area (Å²) in [6, 6.07) is 2.33. The molecule has 1 unspecified atom stereocenters. The van der Waals surface area contributed by atoms with E-state index in [1.54, 1.807) is 0 Å². The number of tetrazole rings is 1. The first-order valence-corrected chi connectivity index (χ1v) is 6.63. The molecule has 1 atom stereocenters. The smallest absolute Gasteiger partial charge is 0.194 e. The Morgan fingerprint density at radius 1 is 1.53 bits per heavy atom. The summed E-state index contributed by atoms with van der Waals surface area (Å²) in [5.41, 5.74) is 10.4. The van der Waals surface area contributed by atoms with Gasteiger partial charge in [-0.05, 0) is 36.8 Å². The molecular weight excluding hydrogens is 240 g/mol. The maximum absolute atomic E-state index is 6.31. The van der Waals surface area contributed by atoms with Crippen LogP contribution in [-0.2, 0) is 13.0 Å². The summed E-state index contributed by atoms with van der Waals surface area (Å²) in [6.07, 6.45) is 2.08. The van der Waals surface area contributed by atoms with Crippen molar-refractivity contribution in [1.29, 1.82) is 0 Å². The van der Waals surface area contributed by atoms with E-state index in [0.29, 0.717) is 12.4 Å². The average Bonchev–Trinajstić information content (AvgIpc) is 2.90. The van der Waals surface area contributed by atoms with Gasteiger partial charge in [-0.25, -0.2) is 0 Å². The SMILES string of the molecule is Cc1cc2c(n1Cc1nn[nH]n1)CC(C)(C)CC2N. The van der Waals surface area contributed by atoms with Crippen molar-refractivity contribution in [2.24, 2.45) is 11.1 Å². The van der Waals surface area contributed by atoms with Gasteiger partial charge >= 0.3 is 0 Å². The summed E-state index contributed by atoms with van der Waals surface area (Å²) >= 11 is 0. The number of fused-ring (bicyclic) bond motifs is 1. The molecule has 2 aromatic rings. The number of aryl methyl sites for hydroxylation is 1. The molecule has 0 saturated carbocycles. The number of nitrogens with one attached hydrogen (secondary N) is 1. The van der Waals surface area contributed by atoms with Gasteiger partial charge in [0.25, 0.3) is 0 Å². The van der Waals surface area contributed by atoms with Crippen LogP contribution in [0.1, 0.15) is 49.1 Å². The van der Waals surface area contributed by atoms with E-state index in [0.717, 1.165) is 12.8 Å². The molecule has 3 rings (SSSR count). The van der Waals surface area contributed by atoms with Crippen molar-refractivity contribution < 1.29 is 0 Å². The molecule has 2 heterocycles. The predicted octanol–water partition coefficient (Wildman–Crippen LogP) is 1.33. The lowest BCUT2D eigenvalue weighted by molar-refractivity contribution is 0.275. The third-order valence-electron chi connectivity index (χ3n) is 3.96. The molecular formula is C13H20N6. The van der Waals surface area contributed by atoms with Crippen molar-refractivity contribution in [1.82, 2.24) is 25.2 Å². The molecule has 0 saturated heterocycles. The van der Waals surface area contributed by atoms with E-state index >= 15 is 0 Å². The zero-order chi connectivity index (χ0) is 13.6. The van der Waals surface area contributed by atoms with Gasteiger partial charge in [0.1, 0.15) is 0 Å². The quantitative estimate of drug-likeness (QED) is 0.853. The van der Waals surface area contributed by atoms with Crippen molar-refractivity contribution in [3.63, 3.8) is 0 Å². The van der Waals surface area contributed by atoms with E-state index in [9.17, 15) is 0 Å². The van der Waals surface area contributed by atoms with Crippen molar-refractivity contribution in [2.75, 3.05) is 0 Å². The number of aromatic amines is 1. The predicted molar refractivity (Wildman–Crippen MR) is 71.5 cm³/mol. The van der Waals surface area contributed by atoms with Crippen LogP contribution in [0.4, 0.5) is 0 Å². The lowest BCUT2D eigenvalue weighted by Crippen LogP contribution is -2.30. The van der Waals surface area contributed by atoms with Gasteiger partial charge in [-0.2, -0.15) is 5.21 Å². The van der Waals surface area contributed by atoms with Gasteiger partial charge in [-0.1, -0.05) is 19.1 Å². The van der Waals surface area contributed by atoms with Crippen LogP contribution in [0.25, 0.3) is 0 Å². The van der Waals surface area contributed by atoms with Crippen LogP contribution in [0.2, 0.25) is 0 Å². The summed E-state index contributed by atoms with van der Waals surface area (Å²) in [7, 11) is 0. The highest BCUT2D eigenvalue weighted by molar-refractivity contribution is 5.34. The molecule has 0 amide bonds. The number of H-pyrrole nitrogens is 1. The second-order valence-corrected chi connectivity index (χ2v) is 6.25. The molecule has 0 aliphatic heterocycles. The Balaban J connectivity index is 2.02. The summed E-state index contributed by atoms with van der Waals surface area (Å²) < 4.78 is 2.26. The number of nitrogens with zero attached hydrogens (tertiary/aromatic N) is 4. The molecule has 0 bridgehead atoms. The normalized spacial score (nSPS) is 21.4. The third-order valence-corrected chi connectivity index (χ3v) is 3.96. The standard InChI is InChI=1S/C13H20N6/c1-8-4-9-10(14)5-13(2,3)6-11(9)19(8)7-12-15-17-18-16-12/h4,10H,5-7,14H2,1-3H3,(H,15,16,17,18). The van der Waals surface area contributed by atoms with Crippen LogP contribution < -0.4 is 5.73 Å². The fourth-order valence-corrected chi connectivity index (χ4v) is 3.12. The van der Waals surface area contributed by atoms with E-state index in [-0.39, 0.29) is 11.5 Å². The summed E-state index contributed by atoms with van der Waals surface area (Å²) in [5.74, 6) is 0.707. The first-order chi connectivity index (χ1) is 8.96. The molecule has 6 nitrogen and oxygen atoms in total. The first kappa shape index (κ1) is 12.3. The molecule has 1 aliphatic carbocycles. The van der Waals surface area contributed by atoms with Crippen molar-refractivity contribution in [3.05, 3.63) is 28.8 Å². The van der Waals surface area contributed by atoms with Crippen molar-refractivity contribution in [3.8, 4) is 0 Å². The van der Waals surface area contributed by atoms with E-state index in [2.05, 4.69) is 52.0 Å². The van der Waals surface area contributed by atoms with E-state index in [1.165, 1.54) is 17.0 Å². The molecule has 3 N–H and O–H groups in total. The van der Waals surface area contributed by atoms with Crippen LogP contribution >= 0.6 is 0 Å². The fraction of sp³-hybridized carbons (Fsp3) is 0.615. The highest BCUT2D eigenvalue weighted by Gasteiger charge is 2.33. The minimum absolute atomic E-state index is 0.129.